The number of nitrogens with zero attached hydrogens (tertiary/aromatic N) is 1. The van der Waals surface area contributed by atoms with Crippen molar-refractivity contribution in [2.24, 2.45) is 5.92 Å². The second kappa shape index (κ2) is 9.02. The molecule has 0 aliphatic heterocycles. The summed E-state index contributed by atoms with van der Waals surface area (Å²) in [4.78, 5) is 23.9. The monoisotopic (exact) mass is 322 g/mol. The molecular weight excluding hydrogens is 296 g/mol. The van der Waals surface area contributed by atoms with Gasteiger partial charge in [0.05, 0.1) is 13.0 Å². The molecule has 0 saturated carbocycles. The molecular formula is C17H26N2O4. The second-order valence-corrected chi connectivity index (χ2v) is 6.01. The maximum absolute atomic E-state index is 12.0. The number of ether oxygens (including phenoxy) is 1. The van der Waals surface area contributed by atoms with Crippen LogP contribution in [0.2, 0.25) is 0 Å². The van der Waals surface area contributed by atoms with Gasteiger partial charge in [0, 0.05) is 25.3 Å². The van der Waals surface area contributed by atoms with E-state index in [1.807, 2.05) is 13.0 Å². The fraction of sp³-hybridized carbons (Fsp3) is 0.529. The zero-order chi connectivity index (χ0) is 17.4. The molecule has 0 atom stereocenters. The van der Waals surface area contributed by atoms with Crippen molar-refractivity contribution in [2.45, 2.75) is 33.6 Å². The first-order valence-electron chi connectivity index (χ1n) is 7.77. The predicted molar refractivity (Wildman–Crippen MR) is 90.0 cm³/mol. The topological polar surface area (TPSA) is 78.9 Å². The van der Waals surface area contributed by atoms with Crippen LogP contribution in [-0.4, -0.2) is 42.2 Å². The zero-order valence-corrected chi connectivity index (χ0v) is 14.3. The highest BCUT2D eigenvalue weighted by Crippen LogP contribution is 2.23. The first-order chi connectivity index (χ1) is 10.8. The van der Waals surface area contributed by atoms with Crippen LogP contribution in [0.15, 0.2) is 18.2 Å². The number of carbonyl (C=O) groups excluding carboxylic acids is 1. The number of nitrogens with one attached hydrogen (secondary N) is 1. The molecule has 2 N–H and O–H groups in total. The number of aliphatic carboxylic acids is 1. The molecule has 0 aromatic heterocycles. The SMILES string of the molecule is Cc1ccc(NC(=O)N(C)CCC(=O)O)cc1OCCC(C)C. The molecule has 0 aliphatic rings. The molecule has 23 heavy (non-hydrogen) atoms. The van der Waals surface area contributed by atoms with E-state index in [2.05, 4.69) is 19.2 Å². The predicted octanol–water partition coefficient (Wildman–Crippen LogP) is 3.36. The van der Waals surface area contributed by atoms with E-state index in [-0.39, 0.29) is 19.0 Å². The highest BCUT2D eigenvalue weighted by Gasteiger charge is 2.11. The van der Waals surface area contributed by atoms with E-state index < -0.39 is 5.97 Å². The molecule has 0 spiro atoms. The fourth-order valence-corrected chi connectivity index (χ4v) is 1.82. The Balaban J connectivity index is 2.62. The van der Waals surface area contributed by atoms with Crippen molar-refractivity contribution in [3.8, 4) is 5.75 Å². The number of rotatable bonds is 8. The summed E-state index contributed by atoms with van der Waals surface area (Å²) in [7, 11) is 1.56. The summed E-state index contributed by atoms with van der Waals surface area (Å²) in [6, 6.07) is 5.13. The Bertz CT molecular complexity index is 543. The number of hydrogen-bond donors (Lipinski definition) is 2. The Labute approximate surface area is 137 Å². The maximum atomic E-state index is 12.0. The molecule has 2 amide bonds. The van der Waals surface area contributed by atoms with E-state index in [0.717, 1.165) is 17.7 Å². The van der Waals surface area contributed by atoms with Gasteiger partial charge in [-0.2, -0.15) is 0 Å². The average Bonchev–Trinajstić information content (AvgIpc) is 2.47. The van der Waals surface area contributed by atoms with Crippen LogP contribution in [0, 0.1) is 12.8 Å². The number of carboxylic acid groups (broad SMARTS) is 1. The van der Waals surface area contributed by atoms with Crippen LogP contribution in [-0.2, 0) is 4.79 Å². The zero-order valence-electron chi connectivity index (χ0n) is 14.3. The molecule has 0 heterocycles. The van der Waals surface area contributed by atoms with Crippen molar-refractivity contribution >= 4 is 17.7 Å². The van der Waals surface area contributed by atoms with Crippen LogP contribution in [0.3, 0.4) is 0 Å². The van der Waals surface area contributed by atoms with Crippen molar-refractivity contribution in [1.29, 1.82) is 0 Å². The van der Waals surface area contributed by atoms with Gasteiger partial charge in [-0.15, -0.1) is 0 Å². The molecule has 6 heteroatoms. The summed E-state index contributed by atoms with van der Waals surface area (Å²) in [5.41, 5.74) is 1.63. The highest BCUT2D eigenvalue weighted by molar-refractivity contribution is 5.89. The minimum absolute atomic E-state index is 0.0820. The number of amides is 2. The summed E-state index contributed by atoms with van der Waals surface area (Å²) in [5.74, 6) is 0.388. The highest BCUT2D eigenvalue weighted by atomic mass is 16.5. The van der Waals surface area contributed by atoms with Gasteiger partial charge in [-0.3, -0.25) is 4.79 Å². The van der Waals surface area contributed by atoms with Crippen molar-refractivity contribution in [3.05, 3.63) is 23.8 Å². The molecule has 0 radical (unpaired) electrons. The van der Waals surface area contributed by atoms with E-state index in [0.29, 0.717) is 18.2 Å². The van der Waals surface area contributed by atoms with Gasteiger partial charge in [-0.05, 0) is 30.9 Å². The number of hydrogen-bond acceptors (Lipinski definition) is 3. The van der Waals surface area contributed by atoms with Crippen LogP contribution in [0.25, 0.3) is 0 Å². The van der Waals surface area contributed by atoms with Crippen LogP contribution >= 0.6 is 0 Å². The Kier molecular flexibility index (Phi) is 7.38. The third-order valence-corrected chi connectivity index (χ3v) is 3.40. The maximum Gasteiger partial charge on any atom is 0.321 e. The van der Waals surface area contributed by atoms with Gasteiger partial charge in [0.2, 0.25) is 0 Å². The first kappa shape index (κ1) is 18.8. The lowest BCUT2D eigenvalue weighted by Gasteiger charge is -2.18. The first-order valence-corrected chi connectivity index (χ1v) is 7.77. The number of carboxylic acids is 1. The third-order valence-electron chi connectivity index (χ3n) is 3.40. The van der Waals surface area contributed by atoms with Crippen LogP contribution in [0.4, 0.5) is 10.5 Å². The van der Waals surface area contributed by atoms with E-state index in [4.69, 9.17) is 9.84 Å². The molecule has 0 unspecified atom stereocenters. The fourth-order valence-electron chi connectivity index (χ4n) is 1.82. The van der Waals surface area contributed by atoms with Gasteiger partial charge in [-0.1, -0.05) is 19.9 Å². The van der Waals surface area contributed by atoms with Crippen molar-refractivity contribution in [3.63, 3.8) is 0 Å². The van der Waals surface area contributed by atoms with Crippen molar-refractivity contribution < 1.29 is 19.4 Å². The average molecular weight is 322 g/mol. The van der Waals surface area contributed by atoms with E-state index >= 15 is 0 Å². The summed E-state index contributed by atoms with van der Waals surface area (Å²) in [6.45, 7) is 7.02. The largest absolute Gasteiger partial charge is 0.493 e. The molecule has 6 nitrogen and oxygen atoms in total. The minimum atomic E-state index is -0.930. The van der Waals surface area contributed by atoms with Gasteiger partial charge in [0.1, 0.15) is 5.75 Å². The third kappa shape index (κ3) is 7.04. The lowest BCUT2D eigenvalue weighted by molar-refractivity contribution is -0.137. The Morgan fingerprint density at radius 1 is 1.35 bits per heavy atom. The molecule has 0 fully saturated rings. The Morgan fingerprint density at radius 2 is 2.04 bits per heavy atom. The summed E-state index contributed by atoms with van der Waals surface area (Å²) < 4.78 is 5.77. The summed E-state index contributed by atoms with van der Waals surface area (Å²) >= 11 is 0. The van der Waals surface area contributed by atoms with E-state index in [9.17, 15) is 9.59 Å². The molecule has 0 saturated heterocycles. The quantitative estimate of drug-likeness (QED) is 0.769. The summed E-state index contributed by atoms with van der Waals surface area (Å²) in [5, 5.41) is 11.4. The molecule has 1 aromatic rings. The van der Waals surface area contributed by atoms with Gasteiger partial charge in [0.15, 0.2) is 0 Å². The smallest absolute Gasteiger partial charge is 0.321 e. The standard InChI is InChI=1S/C17H26N2O4/c1-12(2)8-10-23-15-11-14(6-5-13(15)3)18-17(22)19(4)9-7-16(20)21/h5-6,11-12H,7-10H2,1-4H3,(H,18,22)(H,20,21). The number of carbonyl (C=O) groups is 2. The Hall–Kier alpha value is -2.24. The van der Waals surface area contributed by atoms with E-state index in [1.165, 1.54) is 4.90 Å². The molecule has 0 aliphatic carbocycles. The van der Waals surface area contributed by atoms with Crippen LogP contribution < -0.4 is 10.1 Å². The number of urea groups is 1. The number of anilines is 1. The minimum Gasteiger partial charge on any atom is -0.493 e. The molecule has 0 bridgehead atoms. The van der Waals surface area contributed by atoms with Gasteiger partial charge in [-0.25, -0.2) is 4.79 Å². The number of aryl methyl sites for hydroxylation is 1. The lowest BCUT2D eigenvalue weighted by Crippen LogP contribution is -2.33. The molecule has 1 rings (SSSR count). The van der Waals surface area contributed by atoms with Crippen LogP contribution in [0.5, 0.6) is 5.75 Å². The van der Waals surface area contributed by atoms with Gasteiger partial charge in [0.25, 0.3) is 0 Å². The van der Waals surface area contributed by atoms with Gasteiger partial charge < -0.3 is 20.1 Å². The number of benzene rings is 1. The summed E-state index contributed by atoms with van der Waals surface area (Å²) in [6.07, 6.45) is 0.884. The molecule has 128 valence electrons. The second-order valence-electron chi connectivity index (χ2n) is 6.01. The van der Waals surface area contributed by atoms with Gasteiger partial charge >= 0.3 is 12.0 Å². The van der Waals surface area contributed by atoms with Crippen LogP contribution in [0.1, 0.15) is 32.3 Å². The van der Waals surface area contributed by atoms with E-state index in [1.54, 1.807) is 19.2 Å². The van der Waals surface area contributed by atoms with Crippen molar-refractivity contribution in [1.82, 2.24) is 4.90 Å². The normalized spacial score (nSPS) is 10.5. The molecule has 1 aromatic carbocycles. The Morgan fingerprint density at radius 3 is 2.65 bits per heavy atom. The van der Waals surface area contributed by atoms with Crippen molar-refractivity contribution in [2.75, 3.05) is 25.5 Å². The lowest BCUT2D eigenvalue weighted by atomic mass is 10.1.